The van der Waals surface area contributed by atoms with Crippen molar-refractivity contribution in [2.45, 2.75) is 47.0 Å². The van der Waals surface area contributed by atoms with E-state index in [1.807, 2.05) is 18.2 Å². The second-order valence-electron chi connectivity index (χ2n) is 9.13. The molecule has 0 saturated carbocycles. The Morgan fingerprint density at radius 1 is 1.15 bits per heavy atom. The highest BCUT2D eigenvalue weighted by Crippen LogP contribution is 2.42. The van der Waals surface area contributed by atoms with E-state index in [-0.39, 0.29) is 11.0 Å². The zero-order chi connectivity index (χ0) is 25.0. The molecular weight excluding hydrogens is 630 g/mol. The maximum absolute atomic E-state index is 13.3. The molecule has 3 aromatic rings. The average Bonchev–Trinajstić information content (AvgIpc) is 2.78. The van der Waals surface area contributed by atoms with Crippen LogP contribution >= 0.6 is 47.8 Å². The Morgan fingerprint density at radius 3 is 2.53 bits per heavy atom. The van der Waals surface area contributed by atoms with Gasteiger partial charge in [0, 0.05) is 20.9 Å². The molecule has 0 aliphatic carbocycles. The second-order valence-corrected chi connectivity index (χ2v) is 11.6. The van der Waals surface area contributed by atoms with Crippen molar-refractivity contribution in [1.29, 1.82) is 0 Å². The number of rotatable bonds is 8. The maximum atomic E-state index is 13.3. The number of benzene rings is 2. The highest BCUT2D eigenvalue weighted by molar-refractivity contribution is 9.13. The smallest absolute Gasteiger partial charge is 0.282 e. The van der Waals surface area contributed by atoms with Gasteiger partial charge in [-0.1, -0.05) is 50.0 Å². The fourth-order valence-electron chi connectivity index (χ4n) is 3.20. The van der Waals surface area contributed by atoms with Gasteiger partial charge in [-0.05, 0) is 68.0 Å². The minimum absolute atomic E-state index is 0.00874. The molecule has 1 aromatic heterocycles. The van der Waals surface area contributed by atoms with Crippen LogP contribution in [-0.2, 0) is 6.42 Å². The van der Waals surface area contributed by atoms with E-state index in [4.69, 9.17) is 14.5 Å². The summed E-state index contributed by atoms with van der Waals surface area (Å²) in [6, 6.07) is 7.34. The summed E-state index contributed by atoms with van der Waals surface area (Å²) < 4.78 is 15.3. The third-order valence-corrected chi connectivity index (χ3v) is 7.60. The van der Waals surface area contributed by atoms with E-state index in [0.717, 1.165) is 31.8 Å². The van der Waals surface area contributed by atoms with E-state index in [9.17, 15) is 4.79 Å². The van der Waals surface area contributed by atoms with Crippen molar-refractivity contribution in [1.82, 2.24) is 9.66 Å². The van der Waals surface area contributed by atoms with E-state index >= 15 is 0 Å². The molecule has 2 aromatic carbocycles. The van der Waals surface area contributed by atoms with Crippen molar-refractivity contribution < 1.29 is 9.47 Å². The van der Waals surface area contributed by atoms with Gasteiger partial charge in [0.15, 0.2) is 11.5 Å². The minimum Gasteiger partial charge on any atom is -0.493 e. The van der Waals surface area contributed by atoms with Crippen LogP contribution in [0.1, 0.15) is 51.9 Å². The van der Waals surface area contributed by atoms with Crippen LogP contribution in [0.5, 0.6) is 11.5 Å². The van der Waals surface area contributed by atoms with Crippen LogP contribution in [0.3, 0.4) is 0 Å². The summed E-state index contributed by atoms with van der Waals surface area (Å²) in [7, 11) is 1.60. The lowest BCUT2D eigenvalue weighted by molar-refractivity contribution is 0.190. The Labute approximate surface area is 225 Å². The lowest BCUT2D eigenvalue weighted by Gasteiger charge is -2.21. The fraction of sp³-hybridized carbons (Fsp3) is 0.400. The number of aromatic nitrogens is 2. The van der Waals surface area contributed by atoms with Crippen LogP contribution in [0.15, 0.2) is 47.6 Å². The van der Waals surface area contributed by atoms with Gasteiger partial charge in [-0.2, -0.15) is 9.78 Å². The Balaban J connectivity index is 2.09. The lowest BCUT2D eigenvalue weighted by atomic mass is 9.99. The number of unbranched alkanes of at least 4 members (excludes halogenated alkanes) is 1. The first-order valence-corrected chi connectivity index (χ1v) is 13.4. The normalized spacial score (nSPS) is 12.0. The number of aryl methyl sites for hydroxylation is 1. The van der Waals surface area contributed by atoms with E-state index in [1.54, 1.807) is 19.4 Å². The molecule has 9 heteroatoms. The first-order chi connectivity index (χ1) is 16.1. The molecule has 0 aliphatic rings. The summed E-state index contributed by atoms with van der Waals surface area (Å²) in [6.07, 6.45) is 4.19. The number of methoxy groups -OCH3 is 1. The molecule has 0 fully saturated rings. The minimum atomic E-state index is -0.207. The molecule has 0 spiro atoms. The van der Waals surface area contributed by atoms with Crippen molar-refractivity contribution in [3.05, 3.63) is 59.4 Å². The molecule has 0 bridgehead atoms. The Hall–Kier alpha value is -1.71. The van der Waals surface area contributed by atoms with Crippen molar-refractivity contribution in [3.8, 4) is 11.5 Å². The molecular formula is C25H28Br3N3O3. The van der Waals surface area contributed by atoms with Gasteiger partial charge in [-0.3, -0.25) is 4.79 Å². The van der Waals surface area contributed by atoms with Crippen LogP contribution in [0.4, 0.5) is 0 Å². The molecule has 34 heavy (non-hydrogen) atoms. The maximum Gasteiger partial charge on any atom is 0.282 e. The van der Waals surface area contributed by atoms with E-state index in [2.05, 4.69) is 80.6 Å². The van der Waals surface area contributed by atoms with Crippen LogP contribution in [0.25, 0.3) is 10.9 Å². The van der Waals surface area contributed by atoms with Gasteiger partial charge >= 0.3 is 0 Å². The molecule has 0 aliphatic heterocycles. The molecule has 0 amide bonds. The molecule has 0 saturated heterocycles. The number of hydrogen-bond acceptors (Lipinski definition) is 5. The number of hydrogen-bond donors (Lipinski definition) is 0. The van der Waals surface area contributed by atoms with Gasteiger partial charge in [0.2, 0.25) is 0 Å². The number of nitrogens with zero attached hydrogens (tertiary/aromatic N) is 3. The number of ether oxygens (including phenoxy) is 2. The van der Waals surface area contributed by atoms with Gasteiger partial charge in [0.1, 0.15) is 5.82 Å². The summed E-state index contributed by atoms with van der Waals surface area (Å²) in [6.45, 7) is 8.94. The summed E-state index contributed by atoms with van der Waals surface area (Å²) in [5.74, 6) is 1.81. The predicted molar refractivity (Wildman–Crippen MR) is 149 cm³/mol. The monoisotopic (exact) mass is 655 g/mol. The molecule has 1 heterocycles. The van der Waals surface area contributed by atoms with Crippen molar-refractivity contribution >= 4 is 64.9 Å². The zero-order valence-electron chi connectivity index (χ0n) is 19.9. The standard InChI is InChI=1S/C25H28Br3N3O3/c1-6-7-8-20-30-18-10-9-16(26)12-17(18)24(32)31(20)29-13-15-11-19(33-5)23(22(28)21(15)27)34-14-25(2,3)4/h9-13H,6-8,14H2,1-5H3. The topological polar surface area (TPSA) is 65.7 Å². The lowest BCUT2D eigenvalue weighted by Crippen LogP contribution is -2.22. The van der Waals surface area contributed by atoms with E-state index in [0.29, 0.717) is 41.3 Å². The summed E-state index contributed by atoms with van der Waals surface area (Å²) in [5.41, 5.74) is 1.18. The Kier molecular flexibility index (Phi) is 8.98. The number of fused-ring (bicyclic) bond motifs is 1. The van der Waals surface area contributed by atoms with Crippen molar-refractivity contribution in [2.75, 3.05) is 13.7 Å². The molecule has 0 N–H and O–H groups in total. The van der Waals surface area contributed by atoms with Crippen LogP contribution in [0, 0.1) is 5.41 Å². The summed E-state index contributed by atoms with van der Waals surface area (Å²) >= 11 is 10.7. The summed E-state index contributed by atoms with van der Waals surface area (Å²) in [4.78, 5) is 18.0. The number of halogens is 3. The Bertz CT molecular complexity index is 1280. The second kappa shape index (κ2) is 11.4. The largest absolute Gasteiger partial charge is 0.493 e. The first-order valence-electron chi connectivity index (χ1n) is 11.0. The molecule has 3 rings (SSSR count). The fourth-order valence-corrected chi connectivity index (χ4v) is 4.50. The Morgan fingerprint density at radius 2 is 1.88 bits per heavy atom. The SMILES string of the molecule is CCCCc1nc2ccc(Br)cc2c(=O)n1N=Cc1cc(OC)c(OCC(C)(C)C)c(Br)c1Br. The molecule has 6 nitrogen and oxygen atoms in total. The summed E-state index contributed by atoms with van der Waals surface area (Å²) in [5, 5.41) is 5.06. The molecule has 0 unspecified atom stereocenters. The zero-order valence-corrected chi connectivity index (χ0v) is 24.7. The van der Waals surface area contributed by atoms with Crippen LogP contribution in [-0.4, -0.2) is 29.6 Å². The van der Waals surface area contributed by atoms with Crippen molar-refractivity contribution in [3.63, 3.8) is 0 Å². The van der Waals surface area contributed by atoms with Gasteiger partial charge in [0.25, 0.3) is 5.56 Å². The molecule has 0 atom stereocenters. The van der Waals surface area contributed by atoms with Gasteiger partial charge < -0.3 is 9.47 Å². The average molecular weight is 658 g/mol. The third kappa shape index (κ3) is 6.29. The van der Waals surface area contributed by atoms with E-state index < -0.39 is 0 Å². The van der Waals surface area contributed by atoms with Crippen LogP contribution < -0.4 is 15.0 Å². The molecule has 0 radical (unpaired) electrons. The highest BCUT2D eigenvalue weighted by atomic mass is 79.9. The molecule has 182 valence electrons. The predicted octanol–water partition coefficient (Wildman–Crippen LogP) is 7.34. The van der Waals surface area contributed by atoms with E-state index in [1.165, 1.54) is 4.68 Å². The van der Waals surface area contributed by atoms with Gasteiger partial charge in [-0.25, -0.2) is 4.98 Å². The van der Waals surface area contributed by atoms with Crippen LogP contribution in [0.2, 0.25) is 0 Å². The van der Waals surface area contributed by atoms with Gasteiger partial charge in [0.05, 0.1) is 35.3 Å². The van der Waals surface area contributed by atoms with Gasteiger partial charge in [-0.15, -0.1) is 0 Å². The van der Waals surface area contributed by atoms with Crippen molar-refractivity contribution in [2.24, 2.45) is 10.5 Å². The first kappa shape index (κ1) is 26.9. The quantitative estimate of drug-likeness (QED) is 0.238. The third-order valence-electron chi connectivity index (χ3n) is 4.97. The highest BCUT2D eigenvalue weighted by Gasteiger charge is 2.20.